The number of hydrogen-bond acceptors (Lipinski definition) is 5. The van der Waals surface area contributed by atoms with Gasteiger partial charge in [0.2, 0.25) is 5.95 Å². The molecule has 1 saturated heterocycles. The van der Waals surface area contributed by atoms with E-state index in [1.165, 1.54) is 50.6 Å². The number of carbonyl (C=O) groups is 1. The number of aromatic nitrogens is 2. The summed E-state index contributed by atoms with van der Waals surface area (Å²) in [6, 6.07) is 8.53. The zero-order valence-corrected chi connectivity index (χ0v) is 15.7. The van der Waals surface area contributed by atoms with Gasteiger partial charge in [0.25, 0.3) is 5.91 Å². The van der Waals surface area contributed by atoms with Crippen molar-refractivity contribution in [2.24, 2.45) is 0 Å². The van der Waals surface area contributed by atoms with Crippen LogP contribution in [0.5, 0.6) is 0 Å². The Balaban J connectivity index is 1.34. The fourth-order valence-corrected chi connectivity index (χ4v) is 3.88. The summed E-state index contributed by atoms with van der Waals surface area (Å²) >= 11 is 0. The molecule has 1 aromatic heterocycles. The predicted molar refractivity (Wildman–Crippen MR) is 108 cm³/mol. The van der Waals surface area contributed by atoms with E-state index in [4.69, 9.17) is 0 Å². The van der Waals surface area contributed by atoms with E-state index < -0.39 is 0 Å². The SMILES string of the molecule is O=C(Nc1ccc(N2CCCCC2)cc1)c1cnc(NC2CCCC2)nc1. The first-order chi connectivity index (χ1) is 13.3. The van der Waals surface area contributed by atoms with Gasteiger partial charge in [-0.15, -0.1) is 0 Å². The molecule has 1 aromatic carbocycles. The highest BCUT2D eigenvalue weighted by Crippen LogP contribution is 2.22. The molecule has 0 atom stereocenters. The number of hydrogen-bond donors (Lipinski definition) is 2. The van der Waals surface area contributed by atoms with Crippen LogP contribution in [-0.4, -0.2) is 35.0 Å². The zero-order valence-electron chi connectivity index (χ0n) is 15.7. The third-order valence-corrected chi connectivity index (χ3v) is 5.45. The fraction of sp³-hybridized carbons (Fsp3) is 0.476. The van der Waals surface area contributed by atoms with Crippen molar-refractivity contribution in [2.45, 2.75) is 51.0 Å². The van der Waals surface area contributed by atoms with Crippen LogP contribution >= 0.6 is 0 Å². The Morgan fingerprint density at radius 3 is 2.26 bits per heavy atom. The molecule has 6 nitrogen and oxygen atoms in total. The first-order valence-electron chi connectivity index (χ1n) is 10.0. The molecule has 4 rings (SSSR count). The summed E-state index contributed by atoms with van der Waals surface area (Å²) in [5.74, 6) is 0.414. The molecule has 1 aliphatic heterocycles. The van der Waals surface area contributed by atoms with E-state index in [9.17, 15) is 4.79 Å². The van der Waals surface area contributed by atoms with Gasteiger partial charge in [0.05, 0.1) is 5.56 Å². The lowest BCUT2D eigenvalue weighted by Crippen LogP contribution is -2.29. The number of piperidine rings is 1. The van der Waals surface area contributed by atoms with Crippen LogP contribution in [0.2, 0.25) is 0 Å². The van der Waals surface area contributed by atoms with Crippen molar-refractivity contribution in [1.29, 1.82) is 0 Å². The number of nitrogens with one attached hydrogen (secondary N) is 2. The van der Waals surface area contributed by atoms with Crippen LogP contribution in [0.1, 0.15) is 55.3 Å². The average Bonchev–Trinajstić information content (AvgIpc) is 3.23. The average molecular weight is 365 g/mol. The molecule has 0 bridgehead atoms. The molecule has 0 spiro atoms. The lowest BCUT2D eigenvalue weighted by Gasteiger charge is -2.28. The molecular weight excluding hydrogens is 338 g/mol. The van der Waals surface area contributed by atoms with Gasteiger partial charge in [-0.3, -0.25) is 4.79 Å². The van der Waals surface area contributed by atoms with Crippen molar-refractivity contribution in [3.63, 3.8) is 0 Å². The second-order valence-corrected chi connectivity index (χ2v) is 7.47. The van der Waals surface area contributed by atoms with Crippen LogP contribution in [0.25, 0.3) is 0 Å². The first kappa shape index (κ1) is 17.8. The molecule has 142 valence electrons. The van der Waals surface area contributed by atoms with Gasteiger partial charge < -0.3 is 15.5 Å². The Labute approximate surface area is 160 Å². The summed E-state index contributed by atoms with van der Waals surface area (Å²) in [6.45, 7) is 2.23. The van der Waals surface area contributed by atoms with Gasteiger partial charge in [-0.05, 0) is 56.4 Å². The van der Waals surface area contributed by atoms with Crippen LogP contribution in [-0.2, 0) is 0 Å². The highest BCUT2D eigenvalue weighted by molar-refractivity contribution is 6.03. The van der Waals surface area contributed by atoms with Crippen molar-refractivity contribution >= 4 is 23.2 Å². The van der Waals surface area contributed by atoms with Gasteiger partial charge >= 0.3 is 0 Å². The van der Waals surface area contributed by atoms with Gasteiger partial charge in [-0.25, -0.2) is 9.97 Å². The van der Waals surface area contributed by atoms with E-state index in [0.29, 0.717) is 17.6 Å². The van der Waals surface area contributed by atoms with Crippen molar-refractivity contribution in [2.75, 3.05) is 28.6 Å². The van der Waals surface area contributed by atoms with E-state index in [-0.39, 0.29) is 5.91 Å². The Hall–Kier alpha value is -2.63. The Bertz CT molecular complexity index is 747. The second kappa shape index (κ2) is 8.37. The van der Waals surface area contributed by atoms with Gasteiger partial charge in [-0.2, -0.15) is 0 Å². The molecule has 1 amide bonds. The van der Waals surface area contributed by atoms with Crippen LogP contribution in [0.4, 0.5) is 17.3 Å². The van der Waals surface area contributed by atoms with Crippen molar-refractivity contribution in [3.8, 4) is 0 Å². The molecule has 2 aliphatic rings. The summed E-state index contributed by atoms with van der Waals surface area (Å²) in [5, 5.41) is 6.26. The van der Waals surface area contributed by atoms with E-state index in [2.05, 4.69) is 37.6 Å². The minimum atomic E-state index is -0.187. The monoisotopic (exact) mass is 365 g/mol. The van der Waals surface area contributed by atoms with Crippen molar-refractivity contribution in [3.05, 3.63) is 42.2 Å². The largest absolute Gasteiger partial charge is 0.372 e. The number of amides is 1. The van der Waals surface area contributed by atoms with Crippen LogP contribution in [0.15, 0.2) is 36.7 Å². The lowest BCUT2D eigenvalue weighted by molar-refractivity contribution is 0.102. The summed E-state index contributed by atoms with van der Waals surface area (Å²) in [5.41, 5.74) is 2.47. The maximum Gasteiger partial charge on any atom is 0.258 e. The molecule has 2 aromatic rings. The van der Waals surface area contributed by atoms with Gasteiger partial charge in [-0.1, -0.05) is 12.8 Å². The maximum atomic E-state index is 12.4. The Kier molecular flexibility index (Phi) is 5.51. The van der Waals surface area contributed by atoms with Gasteiger partial charge in [0.1, 0.15) is 0 Å². The lowest BCUT2D eigenvalue weighted by atomic mass is 10.1. The van der Waals surface area contributed by atoms with Gasteiger partial charge in [0.15, 0.2) is 0 Å². The van der Waals surface area contributed by atoms with E-state index in [0.717, 1.165) is 18.8 Å². The number of rotatable bonds is 5. The second-order valence-electron chi connectivity index (χ2n) is 7.47. The summed E-state index contributed by atoms with van der Waals surface area (Å²) in [4.78, 5) is 23.4. The molecule has 6 heteroatoms. The van der Waals surface area contributed by atoms with E-state index >= 15 is 0 Å². The molecule has 1 aliphatic carbocycles. The molecule has 2 N–H and O–H groups in total. The molecule has 0 unspecified atom stereocenters. The van der Waals surface area contributed by atoms with Crippen LogP contribution in [0.3, 0.4) is 0 Å². The molecule has 27 heavy (non-hydrogen) atoms. The summed E-state index contributed by atoms with van der Waals surface area (Å²) in [7, 11) is 0. The summed E-state index contributed by atoms with van der Waals surface area (Å²) < 4.78 is 0. The normalized spacial score (nSPS) is 17.7. The summed E-state index contributed by atoms with van der Waals surface area (Å²) in [6.07, 6.45) is 11.8. The molecule has 0 radical (unpaired) electrons. The highest BCUT2D eigenvalue weighted by Gasteiger charge is 2.16. The van der Waals surface area contributed by atoms with Crippen molar-refractivity contribution in [1.82, 2.24) is 9.97 Å². The third kappa shape index (κ3) is 4.56. The molecule has 2 fully saturated rings. The Morgan fingerprint density at radius 1 is 0.926 bits per heavy atom. The minimum Gasteiger partial charge on any atom is -0.372 e. The maximum absolute atomic E-state index is 12.4. The van der Waals surface area contributed by atoms with Crippen LogP contribution in [0, 0.1) is 0 Å². The zero-order chi connectivity index (χ0) is 18.5. The van der Waals surface area contributed by atoms with Gasteiger partial charge in [0, 0.05) is 42.9 Å². The molecule has 2 heterocycles. The fourth-order valence-electron chi connectivity index (χ4n) is 3.88. The topological polar surface area (TPSA) is 70.2 Å². The number of carbonyl (C=O) groups excluding carboxylic acids is 1. The van der Waals surface area contributed by atoms with Crippen LogP contribution < -0.4 is 15.5 Å². The number of benzene rings is 1. The minimum absolute atomic E-state index is 0.187. The molecule has 1 saturated carbocycles. The smallest absolute Gasteiger partial charge is 0.258 e. The van der Waals surface area contributed by atoms with E-state index in [1.807, 2.05) is 12.1 Å². The number of anilines is 3. The third-order valence-electron chi connectivity index (χ3n) is 5.45. The van der Waals surface area contributed by atoms with E-state index in [1.54, 1.807) is 12.4 Å². The number of nitrogens with zero attached hydrogens (tertiary/aromatic N) is 3. The molecular formula is C21H27N5O. The standard InChI is InChI=1S/C21H27N5O/c27-20(16-14-22-21(23-15-16)25-17-6-2-3-7-17)24-18-8-10-19(11-9-18)26-12-4-1-5-13-26/h8-11,14-15,17H,1-7,12-13H2,(H,24,27)(H,22,23,25). The predicted octanol–water partition coefficient (Wildman–Crippen LogP) is 4.07. The van der Waals surface area contributed by atoms with Crippen molar-refractivity contribution < 1.29 is 4.79 Å². The first-order valence-corrected chi connectivity index (χ1v) is 10.0. The quantitative estimate of drug-likeness (QED) is 0.836. The Morgan fingerprint density at radius 2 is 1.59 bits per heavy atom. The highest BCUT2D eigenvalue weighted by atomic mass is 16.1.